The van der Waals surface area contributed by atoms with Gasteiger partial charge in [-0.1, -0.05) is 18.2 Å². The van der Waals surface area contributed by atoms with Crippen LogP contribution in [0.3, 0.4) is 0 Å². The van der Waals surface area contributed by atoms with E-state index in [0.717, 1.165) is 5.56 Å². The lowest BCUT2D eigenvalue weighted by molar-refractivity contribution is 0.382. The Kier molecular flexibility index (Phi) is 3.39. The molecule has 2 saturated carbocycles. The van der Waals surface area contributed by atoms with E-state index in [0.29, 0.717) is 29.8 Å². The van der Waals surface area contributed by atoms with Crippen LogP contribution < -0.4 is 0 Å². The van der Waals surface area contributed by atoms with Gasteiger partial charge in [-0.05, 0) is 56.1 Å². The average Bonchev–Trinajstić information content (AvgIpc) is 3.23. The van der Waals surface area contributed by atoms with E-state index in [-0.39, 0.29) is 0 Å². The third kappa shape index (κ3) is 3.00. The lowest BCUT2D eigenvalue weighted by atomic mass is 10.2. The Morgan fingerprint density at radius 3 is 2.05 bits per heavy atom. The molecule has 0 heterocycles. The van der Waals surface area contributed by atoms with Gasteiger partial charge in [-0.25, -0.2) is 8.42 Å². The zero-order valence-electron chi connectivity index (χ0n) is 11.4. The van der Waals surface area contributed by atoms with Crippen LogP contribution in [-0.4, -0.2) is 25.8 Å². The van der Waals surface area contributed by atoms with Crippen LogP contribution in [-0.2, 0) is 10.0 Å². The Morgan fingerprint density at radius 2 is 1.58 bits per heavy atom. The summed E-state index contributed by atoms with van der Waals surface area (Å²) in [6.07, 6.45) is 4.74. The lowest BCUT2D eigenvalue weighted by Gasteiger charge is -2.23. The molecule has 0 aliphatic heterocycles. The van der Waals surface area contributed by atoms with Crippen molar-refractivity contribution in [1.82, 2.24) is 4.31 Å². The second kappa shape index (κ2) is 4.91. The van der Waals surface area contributed by atoms with Gasteiger partial charge in [0.15, 0.2) is 0 Å². The molecule has 3 rings (SSSR count). The number of hydrogen-bond acceptors (Lipinski definition) is 2. The molecule has 2 aliphatic rings. The minimum atomic E-state index is -3.31. The first-order valence-corrected chi connectivity index (χ1v) is 8.57. The molecule has 2 fully saturated rings. The predicted octanol–water partition coefficient (Wildman–Crippen LogP) is 2.81. The normalized spacial score (nSPS) is 19.9. The van der Waals surface area contributed by atoms with Gasteiger partial charge in [0, 0.05) is 13.1 Å². The molecule has 19 heavy (non-hydrogen) atoms. The van der Waals surface area contributed by atoms with Crippen LogP contribution in [0.5, 0.6) is 0 Å². The third-order valence-electron chi connectivity index (χ3n) is 4.03. The van der Waals surface area contributed by atoms with Gasteiger partial charge in [-0.15, -0.1) is 0 Å². The first-order chi connectivity index (χ1) is 9.07. The second-order valence-electron chi connectivity index (χ2n) is 5.97. The summed E-state index contributed by atoms with van der Waals surface area (Å²) in [6, 6.07) is 7.31. The molecular formula is C15H21NO2S. The number of sulfonamides is 1. The van der Waals surface area contributed by atoms with Crippen LogP contribution >= 0.6 is 0 Å². The maximum Gasteiger partial charge on any atom is 0.243 e. The van der Waals surface area contributed by atoms with Gasteiger partial charge in [0.25, 0.3) is 0 Å². The lowest BCUT2D eigenvalue weighted by Crippen LogP contribution is -2.35. The largest absolute Gasteiger partial charge is 0.243 e. The first kappa shape index (κ1) is 13.1. The molecule has 0 aromatic heterocycles. The highest BCUT2D eigenvalue weighted by atomic mass is 32.2. The summed E-state index contributed by atoms with van der Waals surface area (Å²) in [6.45, 7) is 3.31. The summed E-state index contributed by atoms with van der Waals surface area (Å²) in [5, 5.41) is 0. The van der Waals surface area contributed by atoms with E-state index in [9.17, 15) is 8.42 Å². The van der Waals surface area contributed by atoms with Gasteiger partial charge < -0.3 is 0 Å². The van der Waals surface area contributed by atoms with Crippen LogP contribution in [0.15, 0.2) is 29.2 Å². The number of rotatable bonds is 6. The fourth-order valence-corrected chi connectivity index (χ4v) is 4.25. The van der Waals surface area contributed by atoms with Gasteiger partial charge in [0.05, 0.1) is 4.90 Å². The molecule has 0 amide bonds. The molecule has 1 aromatic carbocycles. The monoisotopic (exact) mass is 279 g/mol. The summed E-state index contributed by atoms with van der Waals surface area (Å²) in [5.74, 6) is 1.19. The van der Waals surface area contributed by atoms with Crippen molar-refractivity contribution >= 4 is 10.0 Å². The molecular weight excluding hydrogens is 258 g/mol. The van der Waals surface area contributed by atoms with E-state index in [1.165, 1.54) is 25.7 Å². The van der Waals surface area contributed by atoms with Crippen LogP contribution in [0.4, 0.5) is 0 Å². The van der Waals surface area contributed by atoms with Crippen molar-refractivity contribution < 1.29 is 8.42 Å². The molecule has 0 N–H and O–H groups in total. The van der Waals surface area contributed by atoms with Crippen LogP contribution in [0.2, 0.25) is 0 Å². The Labute approximate surface area is 115 Å². The zero-order valence-corrected chi connectivity index (χ0v) is 12.2. The standard InChI is InChI=1S/C15H21NO2S/c1-12-4-2-3-5-15(12)19(17,18)16(10-13-6-7-13)11-14-8-9-14/h2-5,13-14H,6-11H2,1H3. The summed E-state index contributed by atoms with van der Waals surface area (Å²) >= 11 is 0. The quantitative estimate of drug-likeness (QED) is 0.803. The fraction of sp³-hybridized carbons (Fsp3) is 0.600. The Hall–Kier alpha value is -0.870. The summed E-state index contributed by atoms with van der Waals surface area (Å²) in [7, 11) is -3.31. The van der Waals surface area contributed by atoms with Crippen molar-refractivity contribution in [3.8, 4) is 0 Å². The van der Waals surface area contributed by atoms with Gasteiger partial charge in [-0.3, -0.25) is 0 Å². The topological polar surface area (TPSA) is 37.4 Å². The van der Waals surface area contributed by atoms with Crippen molar-refractivity contribution in [3.05, 3.63) is 29.8 Å². The minimum Gasteiger partial charge on any atom is -0.207 e. The maximum atomic E-state index is 12.8. The third-order valence-corrected chi connectivity index (χ3v) is 6.02. The SMILES string of the molecule is Cc1ccccc1S(=O)(=O)N(CC1CC1)CC1CC1. The highest BCUT2D eigenvalue weighted by Crippen LogP contribution is 2.36. The van der Waals surface area contributed by atoms with Crippen LogP contribution in [0.1, 0.15) is 31.2 Å². The number of aryl methyl sites for hydroxylation is 1. The maximum absolute atomic E-state index is 12.8. The highest BCUT2D eigenvalue weighted by molar-refractivity contribution is 7.89. The van der Waals surface area contributed by atoms with Crippen LogP contribution in [0, 0.1) is 18.8 Å². The van der Waals surface area contributed by atoms with Gasteiger partial charge >= 0.3 is 0 Å². The highest BCUT2D eigenvalue weighted by Gasteiger charge is 2.36. The molecule has 0 atom stereocenters. The molecule has 104 valence electrons. The second-order valence-corrected chi connectivity index (χ2v) is 7.88. The van der Waals surface area contributed by atoms with Crippen molar-refractivity contribution in [2.45, 2.75) is 37.5 Å². The fourth-order valence-electron chi connectivity index (χ4n) is 2.43. The van der Waals surface area contributed by atoms with E-state index in [2.05, 4.69) is 0 Å². The number of hydrogen-bond donors (Lipinski definition) is 0. The molecule has 3 nitrogen and oxygen atoms in total. The van der Waals surface area contributed by atoms with Crippen molar-refractivity contribution in [1.29, 1.82) is 0 Å². The van der Waals surface area contributed by atoms with Crippen LogP contribution in [0.25, 0.3) is 0 Å². The molecule has 0 bridgehead atoms. The average molecular weight is 279 g/mol. The zero-order chi connectivity index (χ0) is 13.5. The summed E-state index contributed by atoms with van der Waals surface area (Å²) in [4.78, 5) is 0.483. The van der Waals surface area contributed by atoms with Crippen molar-refractivity contribution in [2.75, 3.05) is 13.1 Å². The van der Waals surface area contributed by atoms with E-state index < -0.39 is 10.0 Å². The molecule has 0 saturated heterocycles. The predicted molar refractivity (Wildman–Crippen MR) is 75.4 cm³/mol. The summed E-state index contributed by atoms with van der Waals surface area (Å²) in [5.41, 5.74) is 0.846. The molecule has 0 radical (unpaired) electrons. The van der Waals surface area contributed by atoms with E-state index in [1.54, 1.807) is 10.4 Å². The molecule has 1 aromatic rings. The number of nitrogens with zero attached hydrogens (tertiary/aromatic N) is 1. The van der Waals surface area contributed by atoms with Gasteiger partial charge in [-0.2, -0.15) is 4.31 Å². The molecule has 2 aliphatic carbocycles. The first-order valence-electron chi connectivity index (χ1n) is 7.13. The van der Waals surface area contributed by atoms with Crippen molar-refractivity contribution in [3.63, 3.8) is 0 Å². The van der Waals surface area contributed by atoms with E-state index in [1.807, 2.05) is 25.1 Å². The molecule has 4 heteroatoms. The number of benzene rings is 1. The van der Waals surface area contributed by atoms with E-state index in [4.69, 9.17) is 0 Å². The minimum absolute atomic E-state index is 0.483. The smallest absolute Gasteiger partial charge is 0.207 e. The molecule has 0 spiro atoms. The van der Waals surface area contributed by atoms with Gasteiger partial charge in [0.1, 0.15) is 0 Å². The van der Waals surface area contributed by atoms with E-state index >= 15 is 0 Å². The molecule has 0 unspecified atom stereocenters. The van der Waals surface area contributed by atoms with Gasteiger partial charge in [0.2, 0.25) is 10.0 Å². The Balaban J connectivity index is 1.87. The summed E-state index contributed by atoms with van der Waals surface area (Å²) < 4.78 is 27.4. The Morgan fingerprint density at radius 1 is 1.05 bits per heavy atom. The van der Waals surface area contributed by atoms with Crippen molar-refractivity contribution in [2.24, 2.45) is 11.8 Å². The Bertz CT molecular complexity index is 545.